The van der Waals surface area contributed by atoms with E-state index < -0.39 is 10.0 Å². The van der Waals surface area contributed by atoms with Crippen molar-refractivity contribution in [1.29, 1.82) is 0 Å². The number of hydrogen-bond donors (Lipinski definition) is 2. The number of nitrogens with zero attached hydrogens (tertiary/aromatic N) is 3. The summed E-state index contributed by atoms with van der Waals surface area (Å²) in [4.78, 5) is 9.26. The summed E-state index contributed by atoms with van der Waals surface area (Å²) >= 11 is 0. The maximum absolute atomic E-state index is 12.1. The number of nitrogens with one attached hydrogen (secondary N) is 2. The number of rotatable bonds is 8. The van der Waals surface area contributed by atoms with E-state index in [1.54, 1.807) is 7.05 Å². The maximum Gasteiger partial charge on any atom is 0.213 e. The molecule has 0 spiro atoms. The summed E-state index contributed by atoms with van der Waals surface area (Å²) in [6.45, 7) is 6.70. The lowest BCUT2D eigenvalue weighted by Crippen LogP contribution is -2.44. The van der Waals surface area contributed by atoms with Crippen LogP contribution in [0.4, 0.5) is 0 Å². The number of piperidine rings is 1. The van der Waals surface area contributed by atoms with Crippen LogP contribution in [0.25, 0.3) is 0 Å². The molecule has 8 heteroatoms. The summed E-state index contributed by atoms with van der Waals surface area (Å²) in [6, 6.07) is 0. The van der Waals surface area contributed by atoms with Gasteiger partial charge in [-0.15, -0.1) is 0 Å². The van der Waals surface area contributed by atoms with Gasteiger partial charge in [0.25, 0.3) is 0 Å². The highest BCUT2D eigenvalue weighted by Gasteiger charge is 2.27. The van der Waals surface area contributed by atoms with Gasteiger partial charge in [0.05, 0.1) is 5.75 Å². The summed E-state index contributed by atoms with van der Waals surface area (Å²) in [5, 5.41) is 3.25. The standard InChI is InChI=1S/C19H37N5O2S/c1-20-19(21-9-13-27(25,26)22-14-17-6-5-7-17)24-12-8-18(16-24)15-23-10-3-2-4-11-23/h17-18,22H,2-16H2,1H3,(H,20,21). The molecule has 1 aliphatic carbocycles. The van der Waals surface area contributed by atoms with Crippen molar-refractivity contribution in [3.05, 3.63) is 0 Å². The van der Waals surface area contributed by atoms with Crippen LogP contribution in [0.5, 0.6) is 0 Å². The van der Waals surface area contributed by atoms with Crippen LogP contribution in [0.1, 0.15) is 44.9 Å². The molecule has 2 aliphatic heterocycles. The molecule has 2 heterocycles. The Bertz CT molecular complexity index is 585. The molecule has 3 rings (SSSR count). The van der Waals surface area contributed by atoms with Gasteiger partial charge in [-0.2, -0.15) is 0 Å². The fourth-order valence-electron chi connectivity index (χ4n) is 4.32. The average Bonchev–Trinajstić information content (AvgIpc) is 3.06. The lowest BCUT2D eigenvalue weighted by atomic mass is 9.86. The van der Waals surface area contributed by atoms with E-state index in [-0.39, 0.29) is 5.75 Å². The SMILES string of the molecule is CN=C(NCCS(=O)(=O)NCC1CCC1)N1CCC(CN2CCCCC2)C1. The second-order valence-corrected chi connectivity index (χ2v) is 10.3. The van der Waals surface area contributed by atoms with Crippen molar-refractivity contribution in [2.45, 2.75) is 44.9 Å². The van der Waals surface area contributed by atoms with Crippen LogP contribution in [0.15, 0.2) is 4.99 Å². The Morgan fingerprint density at radius 1 is 1.04 bits per heavy atom. The molecule has 7 nitrogen and oxygen atoms in total. The first-order valence-corrected chi connectivity index (χ1v) is 12.4. The molecule has 1 unspecified atom stereocenters. The minimum atomic E-state index is -3.20. The minimum Gasteiger partial charge on any atom is -0.355 e. The van der Waals surface area contributed by atoms with E-state index >= 15 is 0 Å². The summed E-state index contributed by atoms with van der Waals surface area (Å²) in [5.41, 5.74) is 0. The van der Waals surface area contributed by atoms with Crippen LogP contribution in [0.3, 0.4) is 0 Å². The molecule has 0 radical (unpaired) electrons. The van der Waals surface area contributed by atoms with Gasteiger partial charge < -0.3 is 15.1 Å². The first-order valence-electron chi connectivity index (χ1n) is 10.7. The number of guanidine groups is 1. The molecule has 156 valence electrons. The van der Waals surface area contributed by atoms with Crippen LogP contribution in [-0.4, -0.2) is 82.8 Å². The molecule has 0 aromatic rings. The molecule has 3 fully saturated rings. The molecule has 2 N–H and O–H groups in total. The second kappa shape index (κ2) is 10.1. The lowest BCUT2D eigenvalue weighted by Gasteiger charge is -2.29. The summed E-state index contributed by atoms with van der Waals surface area (Å²) in [5.74, 6) is 2.17. The first kappa shape index (κ1) is 20.9. The zero-order valence-corrected chi connectivity index (χ0v) is 17.6. The van der Waals surface area contributed by atoms with Crippen LogP contribution in [-0.2, 0) is 10.0 Å². The van der Waals surface area contributed by atoms with Crippen molar-refractivity contribution in [3.63, 3.8) is 0 Å². The van der Waals surface area contributed by atoms with E-state index in [9.17, 15) is 8.42 Å². The highest BCUT2D eigenvalue weighted by atomic mass is 32.2. The van der Waals surface area contributed by atoms with E-state index in [1.165, 1.54) is 51.7 Å². The largest absolute Gasteiger partial charge is 0.355 e. The number of sulfonamides is 1. The van der Waals surface area contributed by atoms with Crippen LogP contribution in [0, 0.1) is 11.8 Å². The van der Waals surface area contributed by atoms with Crippen LogP contribution < -0.4 is 10.0 Å². The van der Waals surface area contributed by atoms with Crippen LogP contribution in [0.2, 0.25) is 0 Å². The van der Waals surface area contributed by atoms with Gasteiger partial charge in [0.1, 0.15) is 0 Å². The molecule has 0 amide bonds. The Morgan fingerprint density at radius 2 is 1.81 bits per heavy atom. The highest BCUT2D eigenvalue weighted by Crippen LogP contribution is 2.25. The Kier molecular flexibility index (Phi) is 7.78. The first-order chi connectivity index (χ1) is 13.1. The third-order valence-electron chi connectivity index (χ3n) is 6.23. The number of hydrogen-bond acceptors (Lipinski definition) is 4. The lowest BCUT2D eigenvalue weighted by molar-refractivity contribution is 0.198. The average molecular weight is 400 g/mol. The molecular weight excluding hydrogens is 362 g/mol. The molecule has 2 saturated heterocycles. The third kappa shape index (κ3) is 6.61. The van der Waals surface area contributed by atoms with Crippen molar-refractivity contribution in [2.24, 2.45) is 16.8 Å². The van der Waals surface area contributed by atoms with Gasteiger partial charge in [0, 0.05) is 39.8 Å². The smallest absolute Gasteiger partial charge is 0.213 e. The fraction of sp³-hybridized carbons (Fsp3) is 0.947. The summed E-state index contributed by atoms with van der Waals surface area (Å²) in [6.07, 6.45) is 8.79. The summed E-state index contributed by atoms with van der Waals surface area (Å²) < 4.78 is 27.0. The van der Waals surface area contributed by atoms with Gasteiger partial charge in [-0.25, -0.2) is 13.1 Å². The molecule has 3 aliphatic rings. The Hall–Kier alpha value is -0.860. The maximum atomic E-state index is 12.1. The molecule has 0 aromatic carbocycles. The Balaban J connectivity index is 1.36. The predicted molar refractivity (Wildman–Crippen MR) is 110 cm³/mol. The topological polar surface area (TPSA) is 77.0 Å². The van der Waals surface area contributed by atoms with Gasteiger partial charge in [0.2, 0.25) is 10.0 Å². The third-order valence-corrected chi connectivity index (χ3v) is 7.58. The van der Waals surface area contributed by atoms with Crippen LogP contribution >= 0.6 is 0 Å². The number of aliphatic imine (C=N–C) groups is 1. The van der Waals surface area contributed by atoms with E-state index in [1.807, 2.05) is 0 Å². The molecule has 0 aromatic heterocycles. The zero-order valence-electron chi connectivity index (χ0n) is 16.8. The molecule has 1 atom stereocenters. The second-order valence-electron chi connectivity index (χ2n) is 8.40. The quantitative estimate of drug-likeness (QED) is 0.472. The summed E-state index contributed by atoms with van der Waals surface area (Å²) in [7, 11) is -1.42. The molecule has 0 bridgehead atoms. The van der Waals surface area contributed by atoms with Crippen molar-refractivity contribution < 1.29 is 8.42 Å². The van der Waals surface area contributed by atoms with Gasteiger partial charge >= 0.3 is 0 Å². The van der Waals surface area contributed by atoms with Crippen molar-refractivity contribution in [1.82, 2.24) is 19.8 Å². The van der Waals surface area contributed by atoms with Gasteiger partial charge in [-0.3, -0.25) is 4.99 Å². The van der Waals surface area contributed by atoms with E-state index in [4.69, 9.17) is 0 Å². The number of likely N-dealkylation sites (tertiary alicyclic amines) is 2. The van der Waals surface area contributed by atoms with Gasteiger partial charge in [-0.1, -0.05) is 12.8 Å². The fourth-order valence-corrected chi connectivity index (χ4v) is 5.33. The highest BCUT2D eigenvalue weighted by molar-refractivity contribution is 7.89. The van der Waals surface area contributed by atoms with Crippen molar-refractivity contribution >= 4 is 16.0 Å². The van der Waals surface area contributed by atoms with E-state index in [2.05, 4.69) is 24.8 Å². The van der Waals surface area contributed by atoms with Crippen molar-refractivity contribution in [3.8, 4) is 0 Å². The molecular formula is C19H37N5O2S. The van der Waals surface area contributed by atoms with Gasteiger partial charge in [-0.05, 0) is 57.0 Å². The monoisotopic (exact) mass is 399 g/mol. The Morgan fingerprint density at radius 3 is 2.48 bits per heavy atom. The normalized spacial score (nSPS) is 25.6. The van der Waals surface area contributed by atoms with E-state index in [0.29, 0.717) is 24.9 Å². The van der Waals surface area contributed by atoms with E-state index in [0.717, 1.165) is 31.9 Å². The molecule has 1 saturated carbocycles. The van der Waals surface area contributed by atoms with Gasteiger partial charge in [0.15, 0.2) is 5.96 Å². The Labute approximate surface area is 165 Å². The zero-order chi connectivity index (χ0) is 19.1. The van der Waals surface area contributed by atoms with Crippen molar-refractivity contribution in [2.75, 3.05) is 58.6 Å². The minimum absolute atomic E-state index is 0.101. The predicted octanol–water partition coefficient (Wildman–Crippen LogP) is 1.09. The molecule has 27 heavy (non-hydrogen) atoms.